The molecule has 5 atom stereocenters. The van der Waals surface area contributed by atoms with Gasteiger partial charge >= 0.3 is 25.7 Å². The molecule has 0 saturated carbocycles. The van der Waals surface area contributed by atoms with E-state index in [2.05, 4.69) is 67.0 Å². The predicted molar refractivity (Wildman–Crippen MR) is 229 cm³/mol. The van der Waals surface area contributed by atoms with Crippen LogP contribution in [0.2, 0.25) is 0 Å². The van der Waals surface area contributed by atoms with Gasteiger partial charge in [0.2, 0.25) is 0 Å². The number of unbranched alkanes of at least 4 members (excludes halogenated alkanes) is 8. The van der Waals surface area contributed by atoms with Gasteiger partial charge < -0.3 is 35.4 Å². The van der Waals surface area contributed by atoms with Crippen LogP contribution in [-0.2, 0) is 37.5 Å². The Hall–Kier alpha value is -3.16. The zero-order valence-corrected chi connectivity index (χ0v) is 36.0. The van der Waals surface area contributed by atoms with Crippen LogP contribution in [0.15, 0.2) is 72.9 Å². The number of aliphatic carboxylic acids is 1. The zero-order chi connectivity index (χ0) is 43.1. The van der Waals surface area contributed by atoms with Crippen LogP contribution in [0.25, 0.3) is 0 Å². The highest BCUT2D eigenvalue weighted by Crippen LogP contribution is 2.43. The number of phosphoric ester groups is 1. The molecule has 0 aliphatic heterocycles. The van der Waals surface area contributed by atoms with Gasteiger partial charge in [-0.05, 0) is 89.9 Å². The molecular weight excluding hydrogens is 765 g/mol. The Morgan fingerprint density at radius 2 is 1.07 bits per heavy atom. The molecule has 0 saturated heterocycles. The number of allylic oxidation sites excluding steroid dienone is 11. The number of ether oxygens (including phenoxy) is 2. The molecule has 0 bridgehead atoms. The minimum absolute atomic E-state index is 0.0481. The summed E-state index contributed by atoms with van der Waals surface area (Å²) in [7, 11) is -4.80. The van der Waals surface area contributed by atoms with E-state index in [-0.39, 0.29) is 32.1 Å². The maximum Gasteiger partial charge on any atom is 0.472 e. The summed E-state index contributed by atoms with van der Waals surface area (Å²) in [5.41, 5.74) is 5.31. The van der Waals surface area contributed by atoms with Gasteiger partial charge in [0, 0.05) is 12.8 Å². The second kappa shape index (κ2) is 38.1. The van der Waals surface area contributed by atoms with Crippen molar-refractivity contribution < 1.29 is 57.7 Å². The first-order valence-electron chi connectivity index (χ1n) is 21.1. The summed E-state index contributed by atoms with van der Waals surface area (Å²) >= 11 is 0. The number of nitrogens with two attached hydrogens (primary N) is 1. The molecule has 58 heavy (non-hydrogen) atoms. The van der Waals surface area contributed by atoms with Gasteiger partial charge in [0.15, 0.2) is 6.10 Å². The number of carboxylic acids is 1. The summed E-state index contributed by atoms with van der Waals surface area (Å²) in [5, 5.41) is 29.5. The maximum atomic E-state index is 12.6. The molecule has 13 nitrogen and oxygen atoms in total. The first-order valence-corrected chi connectivity index (χ1v) is 22.6. The molecule has 332 valence electrons. The second-order valence-electron chi connectivity index (χ2n) is 14.1. The lowest BCUT2D eigenvalue weighted by atomic mass is 10.0. The Morgan fingerprint density at radius 3 is 1.59 bits per heavy atom. The maximum absolute atomic E-state index is 12.6. The van der Waals surface area contributed by atoms with Gasteiger partial charge in [0.25, 0.3) is 0 Å². The molecular formula is C44H74NO12P. The number of rotatable bonds is 38. The van der Waals surface area contributed by atoms with Crippen molar-refractivity contribution in [3.05, 3.63) is 72.9 Å². The van der Waals surface area contributed by atoms with Crippen LogP contribution in [0.1, 0.15) is 142 Å². The van der Waals surface area contributed by atoms with Crippen molar-refractivity contribution in [3.63, 3.8) is 0 Å². The van der Waals surface area contributed by atoms with E-state index in [1.807, 2.05) is 18.2 Å². The average Bonchev–Trinajstić information content (AvgIpc) is 3.19. The van der Waals surface area contributed by atoms with Crippen LogP contribution in [0.3, 0.4) is 0 Å². The van der Waals surface area contributed by atoms with Crippen LogP contribution >= 0.6 is 7.82 Å². The van der Waals surface area contributed by atoms with Gasteiger partial charge in [0.1, 0.15) is 12.6 Å². The van der Waals surface area contributed by atoms with Gasteiger partial charge in [-0.15, -0.1) is 0 Å². The third-order valence-corrected chi connectivity index (χ3v) is 9.58. The highest BCUT2D eigenvalue weighted by Gasteiger charge is 2.28. The largest absolute Gasteiger partial charge is 0.480 e. The standard InChI is InChI=1S/C44H74NO12P/c1-3-5-7-9-11-13-15-17-18-19-21-23-25-27-29-33-43(49)57-38(36-55-58(52,53)56-37-39(45)44(50)51)35-54-42(48)34-30-32-41(47)40(46)31-28-26-24-22-20-16-14-12-10-8-6-4-2/h11-14,17-18,20-23,26,28,38-41,46-47H,3-10,15-16,19,24-25,27,29-37,45H2,1-2H3,(H,50,51)(H,52,53)/b13-11-,14-12-,18-17-,22-20-,23-21-,28-26-/t38-,39+,40?,41?/m1/s1. The number of esters is 2. The highest BCUT2D eigenvalue weighted by molar-refractivity contribution is 7.47. The number of hydrogen-bond acceptors (Lipinski definition) is 11. The monoisotopic (exact) mass is 839 g/mol. The quantitative estimate of drug-likeness (QED) is 0.0170. The van der Waals surface area contributed by atoms with Crippen LogP contribution in [0, 0.1) is 0 Å². The van der Waals surface area contributed by atoms with E-state index in [1.165, 1.54) is 38.5 Å². The molecule has 0 aliphatic carbocycles. The lowest BCUT2D eigenvalue weighted by Gasteiger charge is -2.20. The molecule has 0 fully saturated rings. The average molecular weight is 840 g/mol. The Bertz CT molecular complexity index is 1290. The fourth-order valence-corrected chi connectivity index (χ4v) is 5.89. The van der Waals surface area contributed by atoms with Crippen molar-refractivity contribution in [2.45, 2.75) is 167 Å². The number of carbonyl (C=O) groups excluding carboxylic acids is 2. The molecule has 3 unspecified atom stereocenters. The number of phosphoric acid groups is 1. The minimum Gasteiger partial charge on any atom is -0.480 e. The van der Waals surface area contributed by atoms with E-state index in [4.69, 9.17) is 24.8 Å². The fourth-order valence-electron chi connectivity index (χ4n) is 5.11. The van der Waals surface area contributed by atoms with Crippen molar-refractivity contribution in [2.75, 3.05) is 19.8 Å². The number of aliphatic hydroxyl groups is 2. The number of carboxylic acid groups (broad SMARTS) is 1. The third-order valence-electron chi connectivity index (χ3n) is 8.63. The smallest absolute Gasteiger partial charge is 0.472 e. The number of hydrogen-bond donors (Lipinski definition) is 5. The summed E-state index contributed by atoms with van der Waals surface area (Å²) in [6.07, 6.45) is 37.2. The van der Waals surface area contributed by atoms with Crippen LogP contribution in [-0.4, -0.2) is 82.3 Å². The molecule has 0 aromatic heterocycles. The first-order chi connectivity index (χ1) is 27.9. The Morgan fingerprint density at radius 1 is 0.603 bits per heavy atom. The van der Waals surface area contributed by atoms with Crippen molar-refractivity contribution in [2.24, 2.45) is 5.73 Å². The number of carbonyl (C=O) groups is 3. The lowest BCUT2D eigenvalue weighted by molar-refractivity contribution is -0.161. The van der Waals surface area contributed by atoms with Gasteiger partial charge in [0.05, 0.1) is 25.4 Å². The molecule has 6 N–H and O–H groups in total. The lowest BCUT2D eigenvalue weighted by Crippen LogP contribution is -2.34. The Labute approximate surface area is 347 Å². The molecule has 0 aliphatic rings. The van der Waals surface area contributed by atoms with E-state index in [1.54, 1.807) is 6.08 Å². The topological polar surface area (TPSA) is 212 Å². The molecule has 0 spiro atoms. The molecule has 14 heteroatoms. The first kappa shape index (κ1) is 54.8. The third kappa shape index (κ3) is 36.0. The van der Waals surface area contributed by atoms with Gasteiger partial charge in [-0.3, -0.25) is 23.4 Å². The zero-order valence-electron chi connectivity index (χ0n) is 35.1. The van der Waals surface area contributed by atoms with Crippen LogP contribution in [0.5, 0.6) is 0 Å². The van der Waals surface area contributed by atoms with Crippen molar-refractivity contribution in [1.82, 2.24) is 0 Å². The highest BCUT2D eigenvalue weighted by atomic mass is 31.2. The van der Waals surface area contributed by atoms with Crippen molar-refractivity contribution in [1.29, 1.82) is 0 Å². The molecule has 0 aromatic carbocycles. The molecule has 0 radical (unpaired) electrons. The molecule has 0 heterocycles. The van der Waals surface area contributed by atoms with Crippen LogP contribution < -0.4 is 5.73 Å². The predicted octanol–water partition coefficient (Wildman–Crippen LogP) is 8.89. The molecule has 0 amide bonds. The van der Waals surface area contributed by atoms with Gasteiger partial charge in [-0.1, -0.05) is 112 Å². The van der Waals surface area contributed by atoms with E-state index < -0.39 is 69.9 Å². The van der Waals surface area contributed by atoms with Gasteiger partial charge in [-0.2, -0.15) is 0 Å². The van der Waals surface area contributed by atoms with E-state index in [9.17, 15) is 34.1 Å². The molecule has 0 rings (SSSR count). The fraction of sp³-hybridized carbons (Fsp3) is 0.659. The Balaban J connectivity index is 4.71. The normalized spacial score (nSPS) is 15.6. The summed E-state index contributed by atoms with van der Waals surface area (Å²) in [4.78, 5) is 45.9. The summed E-state index contributed by atoms with van der Waals surface area (Å²) < 4.78 is 32.4. The Kier molecular flexibility index (Phi) is 36.0. The summed E-state index contributed by atoms with van der Waals surface area (Å²) in [5.74, 6) is -2.76. The van der Waals surface area contributed by atoms with E-state index >= 15 is 0 Å². The van der Waals surface area contributed by atoms with Crippen molar-refractivity contribution >= 4 is 25.7 Å². The van der Waals surface area contributed by atoms with E-state index in [0.717, 1.165) is 51.4 Å². The second-order valence-corrected chi connectivity index (χ2v) is 15.5. The number of aliphatic hydroxyl groups excluding tert-OH is 2. The van der Waals surface area contributed by atoms with Crippen LogP contribution in [0.4, 0.5) is 0 Å². The molecule has 0 aromatic rings. The SMILES string of the molecule is CCCCC/C=C\C/C=C\C/C=C\CCCCC(=O)O[C@H](COC(=O)CCCC(O)C(O)C/C=C\C/C=C\C/C=C\CCCCC)COP(=O)(O)OC[C@H](N)C(=O)O. The summed E-state index contributed by atoms with van der Waals surface area (Å²) in [6.45, 7) is 2.38. The van der Waals surface area contributed by atoms with Gasteiger partial charge in [-0.25, -0.2) is 4.57 Å². The van der Waals surface area contributed by atoms with E-state index in [0.29, 0.717) is 6.42 Å². The summed E-state index contributed by atoms with van der Waals surface area (Å²) in [6, 6.07) is -1.57. The van der Waals surface area contributed by atoms with Crippen molar-refractivity contribution in [3.8, 4) is 0 Å². The minimum atomic E-state index is -4.80.